The minimum absolute atomic E-state index is 0.153. The van der Waals surface area contributed by atoms with Crippen LogP contribution in [0.25, 0.3) is 0 Å². The predicted molar refractivity (Wildman–Crippen MR) is 131 cm³/mol. The van der Waals surface area contributed by atoms with E-state index in [1.54, 1.807) is 30.3 Å². The van der Waals surface area contributed by atoms with E-state index in [1.807, 2.05) is 24.3 Å². The quantitative estimate of drug-likeness (QED) is 0.423. The summed E-state index contributed by atoms with van der Waals surface area (Å²) in [5, 5.41) is 9.89. The summed E-state index contributed by atoms with van der Waals surface area (Å²) >= 11 is 9.51. The molecule has 3 aromatic rings. The van der Waals surface area contributed by atoms with Gasteiger partial charge in [0.05, 0.1) is 0 Å². The van der Waals surface area contributed by atoms with Crippen LogP contribution in [0.1, 0.15) is 34.0 Å². The normalized spacial score (nSPS) is 16.7. The molecule has 0 aliphatic carbocycles. The standard InChI is InChI=1S/C26H23BrClNO4/c1-26(13-17-5-8-21(27)9-6-17)14-20-12-19(7-10-23(20)33-26)25(32)29(16-24(30)31)15-18-3-2-4-22(28)11-18/h2-12H,13-16H2,1H3,(H,30,31)/t26-/m1/s1. The van der Waals surface area contributed by atoms with Gasteiger partial charge in [-0.2, -0.15) is 0 Å². The first-order valence-corrected chi connectivity index (χ1v) is 11.7. The van der Waals surface area contributed by atoms with Crippen LogP contribution in [0.2, 0.25) is 5.02 Å². The number of hydrogen-bond acceptors (Lipinski definition) is 3. The first kappa shape index (κ1) is 23.3. The fourth-order valence-corrected chi connectivity index (χ4v) is 4.67. The molecule has 3 aromatic carbocycles. The van der Waals surface area contributed by atoms with E-state index >= 15 is 0 Å². The minimum atomic E-state index is -1.07. The van der Waals surface area contributed by atoms with Crippen molar-refractivity contribution in [3.63, 3.8) is 0 Å². The minimum Gasteiger partial charge on any atom is -0.487 e. The van der Waals surface area contributed by atoms with Crippen LogP contribution in [0, 0.1) is 0 Å². The molecule has 0 bridgehead atoms. The molecule has 1 heterocycles. The summed E-state index contributed by atoms with van der Waals surface area (Å²) in [6.45, 7) is 1.81. The van der Waals surface area contributed by atoms with Gasteiger partial charge in [0.25, 0.3) is 5.91 Å². The molecule has 33 heavy (non-hydrogen) atoms. The average Bonchev–Trinajstić information content (AvgIpc) is 3.09. The van der Waals surface area contributed by atoms with Crippen molar-refractivity contribution in [3.05, 3.63) is 98.5 Å². The molecule has 1 atom stereocenters. The van der Waals surface area contributed by atoms with Crippen LogP contribution >= 0.6 is 27.5 Å². The number of carboxylic acid groups (broad SMARTS) is 1. The van der Waals surface area contributed by atoms with Crippen LogP contribution in [-0.2, 0) is 24.2 Å². The number of aliphatic carboxylic acids is 1. The monoisotopic (exact) mass is 527 g/mol. The summed E-state index contributed by atoms with van der Waals surface area (Å²) < 4.78 is 7.28. The molecule has 1 N–H and O–H groups in total. The summed E-state index contributed by atoms with van der Waals surface area (Å²) in [4.78, 5) is 26.0. The van der Waals surface area contributed by atoms with E-state index in [2.05, 4.69) is 35.0 Å². The van der Waals surface area contributed by atoms with E-state index in [-0.39, 0.29) is 12.5 Å². The molecule has 0 spiro atoms. The molecule has 0 saturated heterocycles. The Morgan fingerprint density at radius 3 is 2.55 bits per heavy atom. The summed E-state index contributed by atoms with van der Waals surface area (Å²) in [6, 6.07) is 20.5. The highest BCUT2D eigenvalue weighted by Gasteiger charge is 2.35. The van der Waals surface area contributed by atoms with Crippen molar-refractivity contribution in [2.75, 3.05) is 6.54 Å². The van der Waals surface area contributed by atoms with Gasteiger partial charge in [-0.25, -0.2) is 0 Å². The largest absolute Gasteiger partial charge is 0.487 e. The van der Waals surface area contributed by atoms with Crippen LogP contribution in [0.5, 0.6) is 5.75 Å². The smallest absolute Gasteiger partial charge is 0.323 e. The Hall–Kier alpha value is -2.83. The Balaban J connectivity index is 1.53. The maximum absolute atomic E-state index is 13.2. The third kappa shape index (κ3) is 5.75. The maximum Gasteiger partial charge on any atom is 0.323 e. The zero-order chi connectivity index (χ0) is 23.6. The molecule has 0 unspecified atom stereocenters. The Labute approximate surface area is 206 Å². The lowest BCUT2D eigenvalue weighted by atomic mass is 9.91. The van der Waals surface area contributed by atoms with Crippen LogP contribution in [-0.4, -0.2) is 34.0 Å². The number of halogens is 2. The molecule has 1 aliphatic heterocycles. The lowest BCUT2D eigenvalue weighted by Crippen LogP contribution is -2.35. The van der Waals surface area contributed by atoms with Crippen LogP contribution in [0.15, 0.2) is 71.2 Å². The second-order valence-corrected chi connectivity index (χ2v) is 9.89. The highest BCUT2D eigenvalue weighted by Crippen LogP contribution is 2.38. The number of carbonyl (C=O) groups is 2. The van der Waals surface area contributed by atoms with E-state index in [4.69, 9.17) is 16.3 Å². The average molecular weight is 529 g/mol. The molecule has 4 rings (SSSR count). The van der Waals surface area contributed by atoms with Gasteiger partial charge in [-0.3, -0.25) is 9.59 Å². The second-order valence-electron chi connectivity index (χ2n) is 8.54. The Morgan fingerprint density at radius 2 is 1.85 bits per heavy atom. The first-order valence-electron chi connectivity index (χ1n) is 10.5. The molecule has 1 amide bonds. The number of rotatable bonds is 7. The second kappa shape index (κ2) is 9.57. The lowest BCUT2D eigenvalue weighted by Gasteiger charge is -2.24. The number of benzene rings is 3. The molecule has 5 nitrogen and oxygen atoms in total. The van der Waals surface area contributed by atoms with Gasteiger partial charge in [0.2, 0.25) is 0 Å². The zero-order valence-electron chi connectivity index (χ0n) is 18.1. The van der Waals surface area contributed by atoms with Crippen molar-refractivity contribution in [3.8, 4) is 5.75 Å². The van der Waals surface area contributed by atoms with Crippen molar-refractivity contribution in [1.82, 2.24) is 4.90 Å². The fraction of sp³-hybridized carbons (Fsp3) is 0.231. The highest BCUT2D eigenvalue weighted by molar-refractivity contribution is 9.10. The SMILES string of the molecule is C[C@@]1(Cc2ccc(Br)cc2)Cc2cc(C(=O)N(CC(=O)O)Cc3cccc(Cl)c3)ccc2O1. The molecule has 0 fully saturated rings. The van der Waals surface area contributed by atoms with E-state index in [0.717, 1.165) is 27.8 Å². The molecule has 7 heteroatoms. The van der Waals surface area contributed by atoms with Crippen molar-refractivity contribution < 1.29 is 19.4 Å². The Morgan fingerprint density at radius 1 is 1.09 bits per heavy atom. The van der Waals surface area contributed by atoms with E-state index in [1.165, 1.54) is 10.5 Å². The number of carboxylic acids is 1. The number of fused-ring (bicyclic) bond motifs is 1. The van der Waals surface area contributed by atoms with Crippen LogP contribution in [0.3, 0.4) is 0 Å². The van der Waals surface area contributed by atoms with Gasteiger partial charge in [-0.05, 0) is 66.1 Å². The molecule has 1 aliphatic rings. The van der Waals surface area contributed by atoms with Gasteiger partial charge in [0.15, 0.2) is 0 Å². The molecule has 170 valence electrons. The zero-order valence-corrected chi connectivity index (χ0v) is 20.4. The van der Waals surface area contributed by atoms with Gasteiger partial charge >= 0.3 is 5.97 Å². The van der Waals surface area contributed by atoms with Gasteiger partial charge in [0.1, 0.15) is 17.9 Å². The number of nitrogens with zero attached hydrogens (tertiary/aromatic N) is 1. The van der Waals surface area contributed by atoms with Crippen molar-refractivity contribution in [2.45, 2.75) is 31.9 Å². The summed E-state index contributed by atoms with van der Waals surface area (Å²) in [5.74, 6) is -0.663. The topological polar surface area (TPSA) is 66.8 Å². The third-order valence-corrected chi connectivity index (χ3v) is 6.36. The Kier molecular flexibility index (Phi) is 6.77. The van der Waals surface area contributed by atoms with Crippen LogP contribution < -0.4 is 4.74 Å². The maximum atomic E-state index is 13.2. The van der Waals surface area contributed by atoms with Gasteiger partial charge in [-0.1, -0.05) is 51.8 Å². The number of carbonyl (C=O) groups excluding carboxylic acids is 1. The predicted octanol–water partition coefficient (Wildman–Crippen LogP) is 5.77. The molecule has 0 radical (unpaired) electrons. The van der Waals surface area contributed by atoms with Crippen molar-refractivity contribution >= 4 is 39.4 Å². The van der Waals surface area contributed by atoms with Gasteiger partial charge < -0.3 is 14.7 Å². The molecule has 0 aromatic heterocycles. The Bertz CT molecular complexity index is 1200. The first-order chi connectivity index (χ1) is 15.7. The van der Waals surface area contributed by atoms with Gasteiger partial charge in [0, 0.05) is 34.4 Å². The van der Waals surface area contributed by atoms with Crippen molar-refractivity contribution in [2.24, 2.45) is 0 Å². The third-order valence-electron chi connectivity index (χ3n) is 5.60. The molecular formula is C26H23BrClNO4. The number of amides is 1. The number of hydrogen-bond donors (Lipinski definition) is 1. The van der Waals surface area contributed by atoms with Crippen molar-refractivity contribution in [1.29, 1.82) is 0 Å². The van der Waals surface area contributed by atoms with E-state index < -0.39 is 18.1 Å². The van der Waals surface area contributed by atoms with Crippen LogP contribution in [0.4, 0.5) is 0 Å². The molecular weight excluding hydrogens is 506 g/mol. The lowest BCUT2D eigenvalue weighted by molar-refractivity contribution is -0.137. The fourth-order valence-electron chi connectivity index (χ4n) is 4.19. The summed E-state index contributed by atoms with van der Waals surface area (Å²) in [6.07, 6.45) is 1.39. The molecule has 0 saturated carbocycles. The highest BCUT2D eigenvalue weighted by atomic mass is 79.9. The van der Waals surface area contributed by atoms with Gasteiger partial charge in [-0.15, -0.1) is 0 Å². The van der Waals surface area contributed by atoms with E-state index in [9.17, 15) is 14.7 Å². The van der Waals surface area contributed by atoms with E-state index in [0.29, 0.717) is 17.0 Å². The summed E-state index contributed by atoms with van der Waals surface area (Å²) in [7, 11) is 0. The summed E-state index contributed by atoms with van der Waals surface area (Å²) in [5.41, 5.74) is 2.90. The number of ether oxygens (including phenoxy) is 1.